The van der Waals surface area contributed by atoms with Crippen LogP contribution in [0.4, 0.5) is 10.1 Å². The van der Waals surface area contributed by atoms with Crippen LogP contribution in [0.15, 0.2) is 53.4 Å². The molecule has 0 spiro atoms. The summed E-state index contributed by atoms with van der Waals surface area (Å²) in [5, 5.41) is 10.3. The van der Waals surface area contributed by atoms with Crippen molar-refractivity contribution in [3.63, 3.8) is 0 Å². The van der Waals surface area contributed by atoms with Gasteiger partial charge in [0.25, 0.3) is 0 Å². The van der Waals surface area contributed by atoms with Gasteiger partial charge in [0.1, 0.15) is 5.82 Å². The Kier molecular flexibility index (Phi) is 6.34. The van der Waals surface area contributed by atoms with Crippen molar-refractivity contribution < 1.29 is 9.50 Å². The third kappa shape index (κ3) is 5.21. The summed E-state index contributed by atoms with van der Waals surface area (Å²) in [4.78, 5) is 5.53. The molecule has 0 radical (unpaired) electrons. The summed E-state index contributed by atoms with van der Waals surface area (Å²) in [5.74, 6) is 0.529. The van der Waals surface area contributed by atoms with Gasteiger partial charge in [-0.1, -0.05) is 29.8 Å². The van der Waals surface area contributed by atoms with Gasteiger partial charge in [0, 0.05) is 43.4 Å². The topological polar surface area (TPSA) is 26.7 Å². The van der Waals surface area contributed by atoms with E-state index in [1.165, 1.54) is 16.5 Å². The number of hydrogen-bond acceptors (Lipinski definition) is 4. The van der Waals surface area contributed by atoms with Crippen LogP contribution in [0.3, 0.4) is 0 Å². The summed E-state index contributed by atoms with van der Waals surface area (Å²) in [5.41, 5.74) is 1.93. The monoisotopic (exact) mass is 360 g/mol. The van der Waals surface area contributed by atoms with Crippen molar-refractivity contribution in [2.24, 2.45) is 0 Å². The Morgan fingerprint density at radius 1 is 1.04 bits per heavy atom. The molecule has 1 N–H and O–H groups in total. The molecule has 0 saturated carbocycles. The second-order valence-corrected chi connectivity index (χ2v) is 7.61. The van der Waals surface area contributed by atoms with Crippen LogP contribution < -0.4 is 4.90 Å². The number of halogens is 1. The molecule has 0 amide bonds. The molecular weight excluding hydrogens is 335 g/mol. The Bertz CT molecular complexity index is 672. The molecule has 25 heavy (non-hydrogen) atoms. The highest BCUT2D eigenvalue weighted by Gasteiger charge is 2.21. The summed E-state index contributed by atoms with van der Waals surface area (Å²) in [7, 11) is 0. The van der Waals surface area contributed by atoms with Gasteiger partial charge in [0.05, 0.1) is 11.8 Å². The number of aliphatic hydroxyl groups excluding tert-OH is 1. The fourth-order valence-electron chi connectivity index (χ4n) is 3.06. The van der Waals surface area contributed by atoms with Gasteiger partial charge in [-0.05, 0) is 31.2 Å². The zero-order valence-corrected chi connectivity index (χ0v) is 15.4. The first-order valence-corrected chi connectivity index (χ1v) is 9.70. The standard InChI is InChI=1S/C20H25FN2OS/c1-16-6-8-18(9-7-16)25-15-17(24)14-22-10-12-23(13-11-22)20-5-3-2-4-19(20)21/h2-9,17,24H,10-15H2,1H3/t17-/m1/s1. The largest absolute Gasteiger partial charge is 0.391 e. The van der Waals surface area contributed by atoms with Gasteiger partial charge in [-0.2, -0.15) is 0 Å². The molecular formula is C20H25FN2OS. The SMILES string of the molecule is Cc1ccc(SC[C@H](O)CN2CCN(c3ccccc3F)CC2)cc1. The summed E-state index contributed by atoms with van der Waals surface area (Å²) in [6, 6.07) is 15.3. The van der Waals surface area contributed by atoms with Gasteiger partial charge in [-0.3, -0.25) is 4.90 Å². The molecule has 5 heteroatoms. The van der Waals surface area contributed by atoms with Crippen LogP contribution in [0, 0.1) is 12.7 Å². The highest BCUT2D eigenvalue weighted by molar-refractivity contribution is 7.99. The lowest BCUT2D eigenvalue weighted by atomic mass is 10.2. The second-order valence-electron chi connectivity index (χ2n) is 6.52. The van der Waals surface area contributed by atoms with Crippen LogP contribution in [-0.4, -0.2) is 54.6 Å². The molecule has 0 unspecified atom stereocenters. The van der Waals surface area contributed by atoms with Crippen molar-refractivity contribution >= 4 is 17.4 Å². The van der Waals surface area contributed by atoms with Gasteiger partial charge in [-0.15, -0.1) is 11.8 Å². The number of para-hydroxylation sites is 1. The molecule has 1 heterocycles. The second kappa shape index (κ2) is 8.70. The van der Waals surface area contributed by atoms with Crippen LogP contribution in [0.5, 0.6) is 0 Å². The summed E-state index contributed by atoms with van der Waals surface area (Å²) in [6.07, 6.45) is -0.355. The predicted molar refractivity (Wildman–Crippen MR) is 103 cm³/mol. The fraction of sp³-hybridized carbons (Fsp3) is 0.400. The molecule has 1 atom stereocenters. The maximum atomic E-state index is 13.9. The van der Waals surface area contributed by atoms with E-state index in [1.54, 1.807) is 17.8 Å². The minimum atomic E-state index is -0.355. The summed E-state index contributed by atoms with van der Waals surface area (Å²) in [6.45, 7) is 6.02. The van der Waals surface area contributed by atoms with Crippen molar-refractivity contribution in [2.45, 2.75) is 17.9 Å². The smallest absolute Gasteiger partial charge is 0.146 e. The van der Waals surface area contributed by atoms with Crippen molar-refractivity contribution in [3.05, 3.63) is 59.9 Å². The van der Waals surface area contributed by atoms with Crippen LogP contribution in [-0.2, 0) is 0 Å². The number of piperazine rings is 1. The van der Waals surface area contributed by atoms with E-state index >= 15 is 0 Å². The Hall–Kier alpha value is -1.56. The molecule has 1 fully saturated rings. The lowest BCUT2D eigenvalue weighted by Gasteiger charge is -2.37. The van der Waals surface area contributed by atoms with E-state index in [1.807, 2.05) is 12.1 Å². The van der Waals surface area contributed by atoms with E-state index in [2.05, 4.69) is 41.0 Å². The first-order valence-electron chi connectivity index (χ1n) is 8.71. The maximum Gasteiger partial charge on any atom is 0.146 e. The molecule has 0 aliphatic carbocycles. The van der Waals surface area contributed by atoms with Crippen molar-refractivity contribution in [1.82, 2.24) is 4.90 Å². The third-order valence-electron chi connectivity index (χ3n) is 4.50. The number of aryl methyl sites for hydroxylation is 1. The van der Waals surface area contributed by atoms with Crippen LogP contribution in [0.2, 0.25) is 0 Å². The molecule has 1 aliphatic heterocycles. The fourth-order valence-corrected chi connectivity index (χ4v) is 3.88. The quantitative estimate of drug-likeness (QED) is 0.799. The lowest BCUT2D eigenvalue weighted by Crippen LogP contribution is -2.49. The Labute approximate surface area is 153 Å². The van der Waals surface area contributed by atoms with Gasteiger partial charge in [0.2, 0.25) is 0 Å². The first-order chi connectivity index (χ1) is 12.1. The Balaban J connectivity index is 1.42. The van der Waals surface area contributed by atoms with Crippen LogP contribution in [0.25, 0.3) is 0 Å². The van der Waals surface area contributed by atoms with Crippen molar-refractivity contribution in [2.75, 3.05) is 43.4 Å². The molecule has 2 aromatic rings. The van der Waals surface area contributed by atoms with Crippen molar-refractivity contribution in [1.29, 1.82) is 0 Å². The summed E-state index contributed by atoms with van der Waals surface area (Å²) >= 11 is 1.69. The number of aliphatic hydroxyl groups is 1. The van der Waals surface area contributed by atoms with E-state index in [0.29, 0.717) is 18.0 Å². The van der Waals surface area contributed by atoms with Crippen LogP contribution >= 0.6 is 11.8 Å². The number of nitrogens with zero attached hydrogens (tertiary/aromatic N) is 2. The van der Waals surface area contributed by atoms with Gasteiger partial charge >= 0.3 is 0 Å². The highest BCUT2D eigenvalue weighted by Crippen LogP contribution is 2.21. The van der Waals surface area contributed by atoms with E-state index in [0.717, 1.165) is 26.2 Å². The highest BCUT2D eigenvalue weighted by atomic mass is 32.2. The molecule has 2 aromatic carbocycles. The molecule has 0 aromatic heterocycles. The first kappa shape index (κ1) is 18.2. The van der Waals surface area contributed by atoms with Crippen LogP contribution in [0.1, 0.15) is 5.56 Å². The van der Waals surface area contributed by atoms with Gasteiger partial charge in [0.15, 0.2) is 0 Å². The van der Waals surface area contributed by atoms with E-state index in [9.17, 15) is 9.50 Å². The van der Waals surface area contributed by atoms with E-state index in [4.69, 9.17) is 0 Å². The zero-order valence-electron chi connectivity index (χ0n) is 14.6. The maximum absolute atomic E-state index is 13.9. The lowest BCUT2D eigenvalue weighted by molar-refractivity contribution is 0.126. The number of β-amino-alcohol motifs (C(OH)–C–C–N with tert-alkyl or cyclic N) is 1. The van der Waals surface area contributed by atoms with Gasteiger partial charge < -0.3 is 10.0 Å². The average molecular weight is 360 g/mol. The number of thioether (sulfide) groups is 1. The normalized spacial score (nSPS) is 16.8. The Morgan fingerprint density at radius 2 is 1.72 bits per heavy atom. The van der Waals surface area contributed by atoms with Gasteiger partial charge in [-0.25, -0.2) is 4.39 Å². The summed E-state index contributed by atoms with van der Waals surface area (Å²) < 4.78 is 13.9. The molecule has 3 nitrogen and oxygen atoms in total. The van der Waals surface area contributed by atoms with Crippen molar-refractivity contribution in [3.8, 4) is 0 Å². The minimum Gasteiger partial charge on any atom is -0.391 e. The Morgan fingerprint density at radius 3 is 2.40 bits per heavy atom. The molecule has 0 bridgehead atoms. The molecule has 1 saturated heterocycles. The molecule has 134 valence electrons. The molecule has 1 aliphatic rings. The average Bonchev–Trinajstić information content (AvgIpc) is 2.62. The minimum absolute atomic E-state index is 0.162. The zero-order chi connectivity index (χ0) is 17.6. The molecule has 3 rings (SSSR count). The number of benzene rings is 2. The number of anilines is 1. The number of hydrogen-bond donors (Lipinski definition) is 1. The third-order valence-corrected chi connectivity index (χ3v) is 5.65. The predicted octanol–water partition coefficient (Wildman–Crippen LogP) is 3.41. The van der Waals surface area contributed by atoms with E-state index in [-0.39, 0.29) is 11.9 Å². The van der Waals surface area contributed by atoms with E-state index < -0.39 is 0 Å². The number of rotatable bonds is 6.